The van der Waals surface area contributed by atoms with Gasteiger partial charge in [0.2, 0.25) is 0 Å². The number of nitrogens with zero attached hydrogens (tertiary/aromatic N) is 6. The van der Waals surface area contributed by atoms with Crippen LogP contribution in [0.4, 0.5) is 0 Å². The van der Waals surface area contributed by atoms with Crippen LogP contribution in [-0.4, -0.2) is 31.0 Å². The zero-order valence-corrected chi connectivity index (χ0v) is 24.5. The highest BCUT2D eigenvalue weighted by molar-refractivity contribution is 6.14. The molecule has 0 saturated heterocycles. The van der Waals surface area contributed by atoms with E-state index in [0.717, 1.165) is 16.7 Å². The molecule has 0 atom stereocenters. The van der Waals surface area contributed by atoms with Crippen molar-refractivity contribution in [2.45, 2.75) is 65.1 Å². The molecule has 3 rings (SSSR count). The number of hydrogen-bond acceptors (Lipinski definition) is 9. The molecule has 0 bridgehead atoms. The van der Waals surface area contributed by atoms with Crippen molar-refractivity contribution in [2.75, 3.05) is 0 Å². The standard InChI is InChI=1S/C28H36N6O3Si/c1-4-19-10-7-13-22(25(19)35)16-29-32-28(38,33-30-17-23-14-8-11-20(5-2)26(23)36)34-31-18-24-15-9-12-21(6-3)27(24)37/h7-15,35-37H,4-6,16-18H2,1-3,38H3/b32-29+,33-30+,34-31+. The topological polar surface area (TPSA) is 135 Å². The van der Waals surface area contributed by atoms with Crippen molar-refractivity contribution in [2.24, 2.45) is 30.7 Å². The van der Waals surface area contributed by atoms with Crippen molar-refractivity contribution in [3.63, 3.8) is 0 Å². The quantitative estimate of drug-likeness (QED) is 0.203. The Morgan fingerprint density at radius 3 is 1.05 bits per heavy atom. The molecule has 3 N–H and O–H groups in total. The molecular weight excluding hydrogens is 496 g/mol. The van der Waals surface area contributed by atoms with E-state index in [-0.39, 0.29) is 36.9 Å². The number of para-hydroxylation sites is 3. The molecule has 0 aromatic heterocycles. The van der Waals surface area contributed by atoms with Crippen LogP contribution in [0.5, 0.6) is 17.2 Å². The second kappa shape index (κ2) is 13.6. The van der Waals surface area contributed by atoms with Crippen LogP contribution in [0.1, 0.15) is 54.2 Å². The van der Waals surface area contributed by atoms with E-state index in [1.165, 1.54) is 0 Å². The molecule has 38 heavy (non-hydrogen) atoms. The summed E-state index contributed by atoms with van der Waals surface area (Å²) in [5, 5.41) is 57.3. The van der Waals surface area contributed by atoms with Gasteiger partial charge >= 0.3 is 0 Å². The first-order chi connectivity index (χ1) is 18.3. The number of aromatic hydroxyl groups is 3. The monoisotopic (exact) mass is 532 g/mol. The maximum absolute atomic E-state index is 10.5. The summed E-state index contributed by atoms with van der Waals surface area (Å²) < 4.78 is 0. The van der Waals surface area contributed by atoms with Gasteiger partial charge in [0.05, 0.1) is 19.6 Å². The van der Waals surface area contributed by atoms with E-state index in [0.29, 0.717) is 46.2 Å². The Morgan fingerprint density at radius 1 is 0.526 bits per heavy atom. The zero-order valence-electron chi connectivity index (χ0n) is 22.5. The number of azo groups is 3. The highest BCUT2D eigenvalue weighted by Gasteiger charge is 2.22. The molecule has 0 saturated carbocycles. The third kappa shape index (κ3) is 7.31. The molecule has 10 heteroatoms. The second-order valence-corrected chi connectivity index (χ2v) is 10.3. The lowest BCUT2D eigenvalue weighted by Gasteiger charge is -2.13. The van der Waals surface area contributed by atoms with Crippen LogP contribution in [0.25, 0.3) is 0 Å². The molecule has 200 valence electrons. The number of phenols is 3. The molecule has 3 aromatic carbocycles. The summed E-state index contributed by atoms with van der Waals surface area (Å²) >= 11 is 0. The van der Waals surface area contributed by atoms with Gasteiger partial charge in [-0.05, 0) is 36.0 Å². The molecule has 0 aliphatic carbocycles. The van der Waals surface area contributed by atoms with E-state index < -0.39 is 5.41 Å². The van der Waals surface area contributed by atoms with E-state index in [1.54, 1.807) is 18.2 Å². The summed E-state index contributed by atoms with van der Waals surface area (Å²) in [4.78, 5) is 0. The molecule has 9 nitrogen and oxygen atoms in total. The van der Waals surface area contributed by atoms with E-state index in [9.17, 15) is 15.3 Å². The lowest BCUT2D eigenvalue weighted by atomic mass is 10.1. The highest BCUT2D eigenvalue weighted by Crippen LogP contribution is 2.27. The van der Waals surface area contributed by atoms with Crippen molar-refractivity contribution < 1.29 is 15.3 Å². The predicted octanol–water partition coefficient (Wildman–Crippen LogP) is 5.72. The van der Waals surface area contributed by atoms with Gasteiger partial charge in [0.1, 0.15) is 27.5 Å². The van der Waals surface area contributed by atoms with Crippen LogP contribution < -0.4 is 0 Å². The normalized spacial score (nSPS) is 12.4. The van der Waals surface area contributed by atoms with Gasteiger partial charge in [-0.3, -0.25) is 0 Å². The Morgan fingerprint density at radius 2 is 0.789 bits per heavy atom. The third-order valence-electron chi connectivity index (χ3n) is 6.26. The molecule has 0 unspecified atom stereocenters. The number of aryl methyl sites for hydroxylation is 3. The first kappa shape index (κ1) is 28.6. The summed E-state index contributed by atoms with van der Waals surface area (Å²) in [6.07, 6.45) is 2.13. The molecular formula is C28H36N6O3Si. The van der Waals surface area contributed by atoms with Crippen molar-refractivity contribution in [1.29, 1.82) is 0 Å². The van der Waals surface area contributed by atoms with Crippen LogP contribution in [0.3, 0.4) is 0 Å². The Kier molecular flexibility index (Phi) is 10.2. The van der Waals surface area contributed by atoms with E-state index in [1.807, 2.05) is 57.2 Å². The van der Waals surface area contributed by atoms with Gasteiger partial charge in [-0.2, -0.15) is 15.3 Å². The molecule has 3 aromatic rings. The average Bonchev–Trinajstić information content (AvgIpc) is 2.91. The van der Waals surface area contributed by atoms with Crippen molar-refractivity contribution in [1.82, 2.24) is 0 Å². The fourth-order valence-electron chi connectivity index (χ4n) is 3.97. The van der Waals surface area contributed by atoms with Crippen molar-refractivity contribution >= 4 is 10.2 Å². The number of benzene rings is 3. The second-order valence-electron chi connectivity index (χ2n) is 9.00. The molecule has 0 aliphatic rings. The fraction of sp³-hybridized carbons (Fsp3) is 0.357. The van der Waals surface area contributed by atoms with Crippen LogP contribution in [-0.2, 0) is 38.9 Å². The average molecular weight is 533 g/mol. The summed E-state index contributed by atoms with van der Waals surface area (Å²) in [6.45, 7) is 6.41. The van der Waals surface area contributed by atoms with Crippen LogP contribution in [0.15, 0.2) is 85.3 Å². The van der Waals surface area contributed by atoms with Crippen LogP contribution in [0, 0.1) is 0 Å². The summed E-state index contributed by atoms with van der Waals surface area (Å²) in [5.41, 5.74) is 3.19. The van der Waals surface area contributed by atoms with E-state index >= 15 is 0 Å². The van der Waals surface area contributed by atoms with Gasteiger partial charge < -0.3 is 15.3 Å². The minimum atomic E-state index is -1.33. The van der Waals surface area contributed by atoms with Gasteiger partial charge in [-0.25, -0.2) is 0 Å². The lowest BCUT2D eigenvalue weighted by Crippen LogP contribution is -2.19. The Bertz CT molecular complexity index is 1170. The number of rotatable bonds is 12. The maximum Gasteiger partial charge on any atom is 0.267 e. The van der Waals surface area contributed by atoms with E-state index in [2.05, 4.69) is 30.7 Å². The van der Waals surface area contributed by atoms with Gasteiger partial charge in [-0.1, -0.05) is 75.4 Å². The molecule has 0 radical (unpaired) electrons. The van der Waals surface area contributed by atoms with E-state index in [4.69, 9.17) is 0 Å². The predicted molar refractivity (Wildman–Crippen MR) is 151 cm³/mol. The molecule has 0 aliphatic heterocycles. The first-order valence-electron chi connectivity index (χ1n) is 12.9. The van der Waals surface area contributed by atoms with Gasteiger partial charge in [0.15, 0.2) is 0 Å². The Labute approximate surface area is 226 Å². The largest absolute Gasteiger partial charge is 0.507 e. The molecule has 0 spiro atoms. The third-order valence-corrected chi connectivity index (χ3v) is 6.86. The van der Waals surface area contributed by atoms with Gasteiger partial charge in [-0.15, -0.1) is 15.3 Å². The Balaban J connectivity index is 1.84. The van der Waals surface area contributed by atoms with Crippen molar-refractivity contribution in [3.8, 4) is 17.2 Å². The SMILES string of the molecule is CCc1cccc(C/N=N/C([SiH3])(/N=N/Cc2cccc(CC)c2O)/N=N/Cc2cccc(CC)c2O)c1O. The summed E-state index contributed by atoms with van der Waals surface area (Å²) in [5.74, 6) is 0.649. The Hall–Kier alpha value is -3.92. The number of phenolic OH excluding ortho intramolecular Hbond substituents is 3. The smallest absolute Gasteiger partial charge is 0.267 e. The van der Waals surface area contributed by atoms with Crippen LogP contribution >= 0.6 is 0 Å². The summed E-state index contributed by atoms with van der Waals surface area (Å²) in [6, 6.07) is 16.7. The maximum atomic E-state index is 10.5. The highest BCUT2D eigenvalue weighted by atomic mass is 28.1. The minimum absolute atomic E-state index is 0.160. The molecule has 0 amide bonds. The zero-order chi connectivity index (χ0) is 27.5. The fourth-order valence-corrected chi connectivity index (χ4v) is 4.39. The first-order valence-corrected chi connectivity index (χ1v) is 13.9. The minimum Gasteiger partial charge on any atom is -0.507 e. The van der Waals surface area contributed by atoms with Crippen LogP contribution in [0.2, 0.25) is 0 Å². The van der Waals surface area contributed by atoms with Gasteiger partial charge in [0.25, 0.3) is 5.41 Å². The summed E-state index contributed by atoms with van der Waals surface area (Å²) in [7, 11) is 0.321. The number of hydrogen-bond donors (Lipinski definition) is 3. The molecule has 0 heterocycles. The van der Waals surface area contributed by atoms with Gasteiger partial charge in [0, 0.05) is 16.7 Å². The van der Waals surface area contributed by atoms with Crippen molar-refractivity contribution in [3.05, 3.63) is 88.0 Å². The lowest BCUT2D eigenvalue weighted by molar-refractivity contribution is 0.457. The molecule has 0 fully saturated rings.